The number of carbonyl (C=O) groups excluding carboxylic acids is 2. The number of ketones is 1. The predicted molar refractivity (Wildman–Crippen MR) is 114 cm³/mol. The van der Waals surface area contributed by atoms with Gasteiger partial charge in [0.2, 0.25) is 0 Å². The summed E-state index contributed by atoms with van der Waals surface area (Å²) in [7, 11) is 0. The van der Waals surface area contributed by atoms with Crippen molar-refractivity contribution in [1.82, 2.24) is 9.88 Å². The van der Waals surface area contributed by atoms with Crippen LogP contribution in [0, 0.1) is 0 Å². The molecule has 144 valence electrons. The van der Waals surface area contributed by atoms with Crippen LogP contribution in [0.3, 0.4) is 0 Å². The molecule has 0 radical (unpaired) electrons. The molecule has 0 aliphatic carbocycles. The molecule has 1 aliphatic heterocycles. The molecular weight excluding hydrogens is 370 g/mol. The molecule has 1 aliphatic rings. The van der Waals surface area contributed by atoms with Gasteiger partial charge in [-0.15, -0.1) is 0 Å². The van der Waals surface area contributed by atoms with E-state index in [0.717, 1.165) is 30.2 Å². The molecule has 0 unspecified atom stereocenters. The maximum Gasteiger partial charge on any atom is 0.253 e. The minimum atomic E-state index is 0.00880. The summed E-state index contributed by atoms with van der Waals surface area (Å²) in [5.74, 6) is 0.0288. The lowest BCUT2D eigenvalue weighted by Gasteiger charge is -2.34. The second-order valence-electron chi connectivity index (χ2n) is 7.06. The zero-order valence-electron chi connectivity index (χ0n) is 16.1. The van der Waals surface area contributed by atoms with Crippen LogP contribution in [0.5, 0.6) is 0 Å². The lowest BCUT2D eigenvalue weighted by Crippen LogP contribution is -2.48. The molecule has 0 bridgehead atoms. The van der Waals surface area contributed by atoms with Crippen LogP contribution in [0.1, 0.15) is 40.1 Å². The molecule has 0 N–H and O–H groups in total. The van der Waals surface area contributed by atoms with Gasteiger partial charge < -0.3 is 9.80 Å². The summed E-state index contributed by atoms with van der Waals surface area (Å²) in [4.78, 5) is 33.1. The van der Waals surface area contributed by atoms with Crippen LogP contribution >= 0.6 is 11.3 Å². The van der Waals surface area contributed by atoms with Crippen molar-refractivity contribution in [3.8, 4) is 0 Å². The molecular formula is C22H23N3O2S. The van der Waals surface area contributed by atoms with Crippen LogP contribution in [-0.2, 0) is 6.42 Å². The van der Waals surface area contributed by atoms with Gasteiger partial charge in [0.15, 0.2) is 10.9 Å². The molecule has 3 aromatic rings. The van der Waals surface area contributed by atoms with Crippen molar-refractivity contribution in [2.24, 2.45) is 0 Å². The number of hydrogen-bond donors (Lipinski definition) is 0. The number of aromatic nitrogens is 1. The van der Waals surface area contributed by atoms with E-state index in [2.05, 4.69) is 30.0 Å². The Balaban J connectivity index is 1.42. The fraction of sp³-hybridized carbons (Fsp3) is 0.318. The second kappa shape index (κ2) is 7.72. The van der Waals surface area contributed by atoms with Gasteiger partial charge in [-0.05, 0) is 43.2 Å². The Hall–Kier alpha value is -2.73. The van der Waals surface area contributed by atoms with E-state index in [9.17, 15) is 9.59 Å². The highest BCUT2D eigenvalue weighted by Gasteiger charge is 2.24. The van der Waals surface area contributed by atoms with Crippen LogP contribution in [0.4, 0.5) is 5.13 Å². The SMILES string of the molecule is CCc1ccc2nc(N3CCN(C(=O)c4ccc(C(C)=O)cc4)CC3)sc2c1. The normalized spacial score (nSPS) is 14.5. The third-order valence-electron chi connectivity index (χ3n) is 5.23. The standard InChI is InChI=1S/C22H23N3O2S/c1-3-16-4-9-19-20(14-16)28-22(23-19)25-12-10-24(11-13-25)21(27)18-7-5-17(6-8-18)15(2)26/h4-9,14H,3,10-13H2,1-2H3. The van der Waals surface area contributed by atoms with E-state index < -0.39 is 0 Å². The van der Waals surface area contributed by atoms with Gasteiger partial charge in [0, 0.05) is 37.3 Å². The summed E-state index contributed by atoms with van der Waals surface area (Å²) in [6, 6.07) is 13.4. The molecule has 2 heterocycles. The summed E-state index contributed by atoms with van der Waals surface area (Å²) in [5.41, 5.74) is 3.63. The van der Waals surface area contributed by atoms with Crippen LogP contribution in [0.2, 0.25) is 0 Å². The third kappa shape index (κ3) is 3.64. The number of rotatable bonds is 4. The number of Topliss-reactive ketones (excluding diaryl/α,β-unsaturated/α-hetero) is 1. The Kier molecular flexibility index (Phi) is 5.13. The highest BCUT2D eigenvalue weighted by atomic mass is 32.1. The number of thiazole rings is 1. The molecule has 4 rings (SSSR count). The number of fused-ring (bicyclic) bond motifs is 1. The van der Waals surface area contributed by atoms with E-state index in [1.54, 1.807) is 35.6 Å². The summed E-state index contributed by atoms with van der Waals surface area (Å²) in [6.45, 7) is 6.58. The number of piperazine rings is 1. The fourth-order valence-electron chi connectivity index (χ4n) is 3.44. The molecule has 1 amide bonds. The van der Waals surface area contributed by atoms with Crippen LogP contribution in [-0.4, -0.2) is 47.8 Å². The maximum atomic E-state index is 12.7. The van der Waals surface area contributed by atoms with Gasteiger partial charge in [-0.1, -0.05) is 36.5 Å². The third-order valence-corrected chi connectivity index (χ3v) is 6.30. The zero-order valence-corrected chi connectivity index (χ0v) is 17.0. The number of hydrogen-bond acceptors (Lipinski definition) is 5. The van der Waals surface area contributed by atoms with Gasteiger partial charge in [-0.3, -0.25) is 9.59 Å². The molecule has 0 saturated carbocycles. The second-order valence-corrected chi connectivity index (χ2v) is 8.07. The lowest BCUT2D eigenvalue weighted by atomic mass is 10.1. The van der Waals surface area contributed by atoms with Crippen LogP contribution in [0.15, 0.2) is 42.5 Å². The van der Waals surface area contributed by atoms with Gasteiger partial charge in [0.05, 0.1) is 10.2 Å². The van der Waals surface area contributed by atoms with Gasteiger partial charge in [-0.25, -0.2) is 4.98 Å². The predicted octanol–water partition coefficient (Wildman–Crippen LogP) is 4.02. The molecule has 1 saturated heterocycles. The van der Waals surface area contributed by atoms with E-state index in [-0.39, 0.29) is 11.7 Å². The smallest absolute Gasteiger partial charge is 0.253 e. The van der Waals surface area contributed by atoms with E-state index in [0.29, 0.717) is 24.2 Å². The Morgan fingerprint density at radius 2 is 1.68 bits per heavy atom. The van der Waals surface area contributed by atoms with Crippen molar-refractivity contribution >= 4 is 38.4 Å². The van der Waals surface area contributed by atoms with E-state index in [1.165, 1.54) is 17.2 Å². The monoisotopic (exact) mass is 393 g/mol. The molecule has 28 heavy (non-hydrogen) atoms. The van der Waals surface area contributed by atoms with E-state index >= 15 is 0 Å². The molecule has 0 atom stereocenters. The topological polar surface area (TPSA) is 53.5 Å². The van der Waals surface area contributed by atoms with Gasteiger partial charge in [0.25, 0.3) is 5.91 Å². The van der Waals surface area contributed by atoms with E-state index in [1.807, 2.05) is 4.90 Å². The number of anilines is 1. The first kappa shape index (κ1) is 18.6. The molecule has 1 aromatic heterocycles. The summed E-state index contributed by atoms with van der Waals surface area (Å²) in [6.07, 6.45) is 1.03. The Labute approximate surface area is 168 Å². The van der Waals surface area contributed by atoms with Crippen molar-refractivity contribution in [1.29, 1.82) is 0 Å². The summed E-state index contributed by atoms with van der Waals surface area (Å²) in [5, 5.41) is 1.03. The summed E-state index contributed by atoms with van der Waals surface area (Å²) < 4.78 is 1.22. The van der Waals surface area contributed by atoms with Crippen molar-refractivity contribution in [3.63, 3.8) is 0 Å². The van der Waals surface area contributed by atoms with Crippen molar-refractivity contribution in [2.75, 3.05) is 31.1 Å². The first-order valence-corrected chi connectivity index (χ1v) is 10.4. The van der Waals surface area contributed by atoms with Crippen molar-refractivity contribution in [2.45, 2.75) is 20.3 Å². The highest BCUT2D eigenvalue weighted by Crippen LogP contribution is 2.30. The first-order valence-electron chi connectivity index (χ1n) is 9.60. The number of benzene rings is 2. The molecule has 1 fully saturated rings. The van der Waals surface area contributed by atoms with Gasteiger partial charge >= 0.3 is 0 Å². The van der Waals surface area contributed by atoms with Gasteiger partial charge in [0.1, 0.15) is 0 Å². The number of amides is 1. The van der Waals surface area contributed by atoms with E-state index in [4.69, 9.17) is 4.98 Å². The molecule has 5 nitrogen and oxygen atoms in total. The Morgan fingerprint density at radius 1 is 1.00 bits per heavy atom. The lowest BCUT2D eigenvalue weighted by molar-refractivity contribution is 0.0746. The maximum absolute atomic E-state index is 12.7. The molecule has 0 spiro atoms. The number of nitrogens with zero attached hydrogens (tertiary/aromatic N) is 3. The molecule has 6 heteroatoms. The fourth-order valence-corrected chi connectivity index (χ4v) is 4.52. The largest absolute Gasteiger partial charge is 0.345 e. The quantitative estimate of drug-likeness (QED) is 0.628. The average molecular weight is 394 g/mol. The van der Waals surface area contributed by atoms with Crippen LogP contribution in [0.25, 0.3) is 10.2 Å². The molecule has 2 aromatic carbocycles. The minimum Gasteiger partial charge on any atom is -0.345 e. The summed E-state index contributed by atoms with van der Waals surface area (Å²) >= 11 is 1.72. The first-order chi connectivity index (χ1) is 13.5. The number of carbonyl (C=O) groups is 2. The van der Waals surface area contributed by atoms with Crippen molar-refractivity contribution < 1.29 is 9.59 Å². The minimum absolute atomic E-state index is 0.00880. The zero-order chi connectivity index (χ0) is 19.7. The number of aryl methyl sites for hydroxylation is 1. The van der Waals surface area contributed by atoms with Crippen molar-refractivity contribution in [3.05, 3.63) is 59.2 Å². The van der Waals surface area contributed by atoms with Gasteiger partial charge in [-0.2, -0.15) is 0 Å². The Morgan fingerprint density at radius 3 is 2.32 bits per heavy atom. The average Bonchev–Trinajstić information content (AvgIpc) is 3.16. The highest BCUT2D eigenvalue weighted by molar-refractivity contribution is 7.22. The van der Waals surface area contributed by atoms with Crippen LogP contribution < -0.4 is 4.90 Å². The Bertz CT molecular complexity index is 1020.